The van der Waals surface area contributed by atoms with Gasteiger partial charge in [-0.1, -0.05) is 17.7 Å². The summed E-state index contributed by atoms with van der Waals surface area (Å²) in [6.07, 6.45) is -1.05. The highest BCUT2D eigenvalue weighted by Crippen LogP contribution is 2.30. The monoisotopic (exact) mass is 280 g/mol. The van der Waals surface area contributed by atoms with Gasteiger partial charge in [-0.25, -0.2) is 4.39 Å². The molecule has 2 nitrogen and oxygen atoms in total. The molecule has 0 amide bonds. The fourth-order valence-electron chi connectivity index (χ4n) is 1.97. The molecule has 0 aromatic heterocycles. The van der Waals surface area contributed by atoms with Crippen molar-refractivity contribution in [3.8, 4) is 5.75 Å². The second-order valence-corrected chi connectivity index (χ2v) is 4.73. The van der Waals surface area contributed by atoms with E-state index in [2.05, 4.69) is 0 Å². The van der Waals surface area contributed by atoms with Crippen molar-refractivity contribution in [2.75, 3.05) is 7.11 Å². The molecule has 100 valence electrons. The summed E-state index contributed by atoms with van der Waals surface area (Å²) < 4.78 is 18.8. The van der Waals surface area contributed by atoms with E-state index in [0.29, 0.717) is 16.3 Å². The van der Waals surface area contributed by atoms with Crippen LogP contribution in [0.1, 0.15) is 22.8 Å². The van der Waals surface area contributed by atoms with Gasteiger partial charge in [0.15, 0.2) is 0 Å². The van der Waals surface area contributed by atoms with E-state index in [0.717, 1.165) is 5.56 Å². The number of methoxy groups -OCH3 is 1. The molecule has 2 rings (SSSR count). The summed E-state index contributed by atoms with van der Waals surface area (Å²) in [5.74, 6) is 0.215. The minimum atomic E-state index is -1.05. The Labute approximate surface area is 116 Å². The first-order chi connectivity index (χ1) is 9.02. The van der Waals surface area contributed by atoms with Gasteiger partial charge in [-0.05, 0) is 48.4 Å². The molecule has 0 aliphatic heterocycles. The van der Waals surface area contributed by atoms with E-state index in [1.54, 1.807) is 25.3 Å². The first-order valence-electron chi connectivity index (χ1n) is 5.80. The lowest BCUT2D eigenvalue weighted by Gasteiger charge is -2.16. The van der Waals surface area contributed by atoms with Crippen LogP contribution < -0.4 is 4.74 Å². The Bertz CT molecular complexity index is 599. The third-order valence-corrected chi connectivity index (χ3v) is 3.26. The number of aliphatic hydroxyl groups excluding tert-OH is 1. The van der Waals surface area contributed by atoms with Crippen molar-refractivity contribution in [1.29, 1.82) is 0 Å². The van der Waals surface area contributed by atoms with E-state index >= 15 is 0 Å². The topological polar surface area (TPSA) is 29.5 Å². The second kappa shape index (κ2) is 5.59. The van der Waals surface area contributed by atoms with Crippen LogP contribution in [0.2, 0.25) is 5.02 Å². The normalized spacial score (nSPS) is 12.3. The highest BCUT2D eigenvalue weighted by Gasteiger charge is 2.17. The van der Waals surface area contributed by atoms with Crippen molar-refractivity contribution in [1.82, 2.24) is 0 Å². The van der Waals surface area contributed by atoms with E-state index in [4.69, 9.17) is 16.3 Å². The van der Waals surface area contributed by atoms with Crippen LogP contribution in [0.25, 0.3) is 0 Å². The highest BCUT2D eigenvalue weighted by atomic mass is 35.5. The molecule has 0 fully saturated rings. The summed E-state index contributed by atoms with van der Waals surface area (Å²) >= 11 is 5.84. The largest absolute Gasteiger partial charge is 0.497 e. The van der Waals surface area contributed by atoms with E-state index in [1.807, 2.05) is 6.92 Å². The molecule has 0 aliphatic carbocycles. The second-order valence-electron chi connectivity index (χ2n) is 4.29. The Morgan fingerprint density at radius 3 is 2.53 bits per heavy atom. The van der Waals surface area contributed by atoms with Gasteiger partial charge in [-0.15, -0.1) is 0 Å². The molecule has 1 unspecified atom stereocenters. The standard InChI is InChI=1S/C15H14ClFO2/c1-9-7-11(19-2)4-5-12(9)15(18)13-8-10(16)3-6-14(13)17/h3-8,15,18H,1-2H3. The highest BCUT2D eigenvalue weighted by molar-refractivity contribution is 6.30. The zero-order valence-corrected chi connectivity index (χ0v) is 11.4. The van der Waals surface area contributed by atoms with Gasteiger partial charge in [0.1, 0.15) is 17.7 Å². The smallest absolute Gasteiger partial charge is 0.129 e. The Kier molecular flexibility index (Phi) is 4.08. The Morgan fingerprint density at radius 2 is 1.89 bits per heavy atom. The summed E-state index contributed by atoms with van der Waals surface area (Å²) in [7, 11) is 1.57. The maximum Gasteiger partial charge on any atom is 0.129 e. The SMILES string of the molecule is COc1ccc(C(O)c2cc(Cl)ccc2F)c(C)c1. The van der Waals surface area contributed by atoms with Crippen molar-refractivity contribution in [3.63, 3.8) is 0 Å². The van der Waals surface area contributed by atoms with Crippen LogP contribution in [0.3, 0.4) is 0 Å². The number of hydrogen-bond donors (Lipinski definition) is 1. The van der Waals surface area contributed by atoms with Gasteiger partial charge < -0.3 is 9.84 Å². The summed E-state index contributed by atoms with van der Waals surface area (Å²) in [5, 5.41) is 10.7. The number of benzene rings is 2. The van der Waals surface area contributed by atoms with Gasteiger partial charge in [0.05, 0.1) is 7.11 Å². The minimum absolute atomic E-state index is 0.167. The third kappa shape index (κ3) is 2.88. The Morgan fingerprint density at radius 1 is 1.16 bits per heavy atom. The number of halogens is 2. The predicted octanol–water partition coefficient (Wildman–Crippen LogP) is 3.88. The average molecular weight is 281 g/mol. The van der Waals surface area contributed by atoms with E-state index in [1.165, 1.54) is 18.2 Å². The molecule has 0 radical (unpaired) electrons. The van der Waals surface area contributed by atoms with Gasteiger partial charge in [0, 0.05) is 10.6 Å². The number of hydrogen-bond acceptors (Lipinski definition) is 2. The Balaban J connectivity index is 2.43. The van der Waals surface area contributed by atoms with Crippen LogP contribution in [-0.2, 0) is 0 Å². The zero-order chi connectivity index (χ0) is 14.0. The van der Waals surface area contributed by atoms with Crippen molar-refractivity contribution in [2.45, 2.75) is 13.0 Å². The molecule has 4 heteroatoms. The van der Waals surface area contributed by atoms with Gasteiger partial charge in [0.25, 0.3) is 0 Å². The molecule has 0 heterocycles. The fourth-order valence-corrected chi connectivity index (χ4v) is 2.15. The first-order valence-corrected chi connectivity index (χ1v) is 6.18. The maximum atomic E-state index is 13.7. The lowest BCUT2D eigenvalue weighted by molar-refractivity contribution is 0.214. The molecule has 0 bridgehead atoms. The molecule has 0 spiro atoms. The first kappa shape index (κ1) is 13.8. The maximum absolute atomic E-state index is 13.7. The van der Waals surface area contributed by atoms with E-state index < -0.39 is 11.9 Å². The van der Waals surface area contributed by atoms with Crippen LogP contribution in [0.5, 0.6) is 5.75 Å². The predicted molar refractivity (Wildman–Crippen MR) is 73.2 cm³/mol. The average Bonchev–Trinajstić information content (AvgIpc) is 2.40. The lowest BCUT2D eigenvalue weighted by Crippen LogP contribution is -2.04. The molecule has 1 N–H and O–H groups in total. The quantitative estimate of drug-likeness (QED) is 0.924. The minimum Gasteiger partial charge on any atom is -0.497 e. The van der Waals surface area contributed by atoms with Gasteiger partial charge in [-0.3, -0.25) is 0 Å². The molecule has 0 saturated carbocycles. The summed E-state index contributed by atoms with van der Waals surface area (Å²) in [5.41, 5.74) is 1.62. The Hall–Kier alpha value is -1.58. The number of ether oxygens (including phenoxy) is 1. The van der Waals surface area contributed by atoms with Crippen molar-refractivity contribution in [2.24, 2.45) is 0 Å². The van der Waals surface area contributed by atoms with E-state index in [9.17, 15) is 9.50 Å². The van der Waals surface area contributed by atoms with Crippen molar-refractivity contribution >= 4 is 11.6 Å². The third-order valence-electron chi connectivity index (χ3n) is 3.02. The molecule has 19 heavy (non-hydrogen) atoms. The molecule has 2 aromatic carbocycles. The van der Waals surface area contributed by atoms with Gasteiger partial charge >= 0.3 is 0 Å². The number of aliphatic hydroxyl groups is 1. The molecular weight excluding hydrogens is 267 g/mol. The fraction of sp³-hybridized carbons (Fsp3) is 0.200. The van der Waals surface area contributed by atoms with Crippen LogP contribution >= 0.6 is 11.6 Å². The lowest BCUT2D eigenvalue weighted by atomic mass is 9.97. The molecular formula is C15H14ClFO2. The van der Waals surface area contributed by atoms with Crippen LogP contribution in [0.4, 0.5) is 4.39 Å². The van der Waals surface area contributed by atoms with Crippen molar-refractivity contribution in [3.05, 3.63) is 63.9 Å². The molecule has 2 aromatic rings. The molecule has 0 aliphatic rings. The van der Waals surface area contributed by atoms with Crippen LogP contribution in [0, 0.1) is 12.7 Å². The summed E-state index contributed by atoms with van der Waals surface area (Å²) in [6, 6.07) is 9.38. The molecule has 1 atom stereocenters. The van der Waals surface area contributed by atoms with Crippen LogP contribution in [-0.4, -0.2) is 12.2 Å². The van der Waals surface area contributed by atoms with Gasteiger partial charge in [0.2, 0.25) is 0 Å². The van der Waals surface area contributed by atoms with E-state index in [-0.39, 0.29) is 5.56 Å². The number of aryl methyl sites for hydroxylation is 1. The summed E-state index contributed by atoms with van der Waals surface area (Å²) in [4.78, 5) is 0. The molecule has 0 saturated heterocycles. The van der Waals surface area contributed by atoms with Gasteiger partial charge in [-0.2, -0.15) is 0 Å². The van der Waals surface area contributed by atoms with Crippen molar-refractivity contribution < 1.29 is 14.2 Å². The zero-order valence-electron chi connectivity index (χ0n) is 10.7. The summed E-state index contributed by atoms with van der Waals surface area (Å²) in [6.45, 7) is 1.84. The van der Waals surface area contributed by atoms with Crippen LogP contribution in [0.15, 0.2) is 36.4 Å². The number of rotatable bonds is 3.